The Balaban J connectivity index is 2.90. The summed E-state index contributed by atoms with van der Waals surface area (Å²) in [5, 5.41) is 9.00. The van der Waals surface area contributed by atoms with Crippen LogP contribution in [0.4, 0.5) is 13.2 Å². The van der Waals surface area contributed by atoms with Crippen LogP contribution in [0, 0.1) is 6.92 Å². The van der Waals surface area contributed by atoms with E-state index in [1.807, 2.05) is 0 Å². The van der Waals surface area contributed by atoms with Crippen LogP contribution >= 0.6 is 11.3 Å². The maximum absolute atomic E-state index is 12.1. The smallest absolute Gasteiger partial charge is 0.390 e. The second-order valence-electron chi connectivity index (χ2n) is 4.02. The molecule has 4 nitrogen and oxygen atoms in total. The second kappa shape index (κ2) is 5.78. The third-order valence-corrected chi connectivity index (χ3v) is 6.04. The highest BCUT2D eigenvalue weighted by Crippen LogP contribution is 2.29. The van der Waals surface area contributed by atoms with Gasteiger partial charge in [-0.2, -0.15) is 17.5 Å². The molecule has 0 fully saturated rings. The molecule has 1 rings (SSSR count). The lowest BCUT2D eigenvalue weighted by atomic mass is 10.3. The third-order valence-electron chi connectivity index (χ3n) is 2.52. The highest BCUT2D eigenvalue weighted by Gasteiger charge is 2.31. The van der Waals surface area contributed by atoms with Crippen LogP contribution in [0.15, 0.2) is 10.3 Å². The molecule has 0 amide bonds. The monoisotopic (exact) mass is 317 g/mol. The fourth-order valence-corrected chi connectivity index (χ4v) is 4.16. The molecular formula is C10H14F3NO3S2. The van der Waals surface area contributed by atoms with Gasteiger partial charge in [-0.05, 0) is 18.6 Å². The third kappa shape index (κ3) is 4.16. The predicted octanol–water partition coefficient (Wildman–Crippen LogP) is 2.12. The van der Waals surface area contributed by atoms with Gasteiger partial charge >= 0.3 is 6.18 Å². The van der Waals surface area contributed by atoms with E-state index in [4.69, 9.17) is 5.11 Å². The van der Waals surface area contributed by atoms with Crippen LogP contribution < -0.4 is 0 Å². The van der Waals surface area contributed by atoms with Crippen molar-refractivity contribution in [2.45, 2.75) is 30.3 Å². The van der Waals surface area contributed by atoms with Crippen LogP contribution in [-0.2, 0) is 16.6 Å². The minimum absolute atomic E-state index is 0.0567. The molecule has 0 aliphatic heterocycles. The summed E-state index contributed by atoms with van der Waals surface area (Å²) in [6.45, 7) is 0.715. The Kier molecular flexibility index (Phi) is 4.99. The molecule has 1 aromatic heterocycles. The average molecular weight is 317 g/mol. The first-order chi connectivity index (χ1) is 8.58. The van der Waals surface area contributed by atoms with Gasteiger partial charge in [0.15, 0.2) is 0 Å². The lowest BCUT2D eigenvalue weighted by Crippen LogP contribution is -2.30. The van der Waals surface area contributed by atoms with Crippen molar-refractivity contribution >= 4 is 21.4 Å². The van der Waals surface area contributed by atoms with Crippen molar-refractivity contribution in [2.75, 3.05) is 13.6 Å². The van der Waals surface area contributed by atoms with E-state index in [-0.39, 0.29) is 10.8 Å². The fraction of sp³-hybridized carbons (Fsp3) is 0.600. The number of sulfonamides is 1. The summed E-state index contributed by atoms with van der Waals surface area (Å²) in [6.07, 6.45) is -5.59. The van der Waals surface area contributed by atoms with Crippen LogP contribution in [0.5, 0.6) is 0 Å². The first kappa shape index (κ1) is 16.4. The van der Waals surface area contributed by atoms with Crippen molar-refractivity contribution in [3.05, 3.63) is 16.5 Å². The molecule has 1 N–H and O–H groups in total. The molecule has 19 heavy (non-hydrogen) atoms. The van der Waals surface area contributed by atoms with E-state index in [1.54, 1.807) is 6.92 Å². The standard InChI is InChI=1S/C10H14F3NO3S2/c1-7-5-9(18-8(7)6-15)19(16,17)14(2)4-3-10(11,12)13/h5,15H,3-4,6H2,1-2H3. The quantitative estimate of drug-likeness (QED) is 0.905. The number of rotatable bonds is 5. The Morgan fingerprint density at radius 3 is 2.42 bits per heavy atom. The van der Waals surface area contributed by atoms with Crippen LogP contribution in [0.25, 0.3) is 0 Å². The van der Waals surface area contributed by atoms with Gasteiger partial charge in [-0.25, -0.2) is 8.42 Å². The lowest BCUT2D eigenvalue weighted by Gasteiger charge is -2.16. The Morgan fingerprint density at radius 1 is 1.42 bits per heavy atom. The van der Waals surface area contributed by atoms with Gasteiger partial charge < -0.3 is 5.11 Å². The Labute approximate surface area is 113 Å². The van der Waals surface area contributed by atoms with Gasteiger partial charge in [-0.1, -0.05) is 0 Å². The number of aliphatic hydroxyl groups is 1. The summed E-state index contributed by atoms with van der Waals surface area (Å²) < 4.78 is 60.9. The van der Waals surface area contributed by atoms with Gasteiger partial charge in [-0.3, -0.25) is 0 Å². The molecule has 1 heterocycles. The molecule has 0 bridgehead atoms. The fourth-order valence-electron chi connectivity index (χ4n) is 1.33. The molecule has 0 unspecified atom stereocenters. The Hall–Kier alpha value is -0.640. The maximum Gasteiger partial charge on any atom is 0.390 e. The summed E-state index contributed by atoms with van der Waals surface area (Å²) in [4.78, 5) is 0.489. The number of thiophene rings is 1. The molecule has 0 radical (unpaired) electrons. The molecule has 0 aliphatic carbocycles. The van der Waals surface area contributed by atoms with Crippen molar-refractivity contribution in [1.82, 2.24) is 4.31 Å². The van der Waals surface area contributed by atoms with Gasteiger partial charge in [0.05, 0.1) is 13.0 Å². The molecule has 1 aromatic rings. The zero-order valence-corrected chi connectivity index (χ0v) is 12.0. The molecule has 0 aliphatic rings. The molecule has 110 valence electrons. The minimum Gasteiger partial charge on any atom is -0.391 e. The Morgan fingerprint density at radius 2 is 2.00 bits per heavy atom. The second-order valence-corrected chi connectivity index (χ2v) is 7.43. The van der Waals surface area contributed by atoms with Crippen molar-refractivity contribution < 1.29 is 26.7 Å². The first-order valence-electron chi connectivity index (χ1n) is 5.31. The highest BCUT2D eigenvalue weighted by atomic mass is 32.2. The van der Waals surface area contributed by atoms with E-state index in [2.05, 4.69) is 0 Å². The number of aliphatic hydroxyl groups excluding tert-OH is 1. The predicted molar refractivity (Wildman–Crippen MR) is 65.5 cm³/mol. The van der Waals surface area contributed by atoms with Crippen LogP contribution in [0.1, 0.15) is 16.9 Å². The van der Waals surface area contributed by atoms with Gasteiger partial charge in [0.2, 0.25) is 0 Å². The van der Waals surface area contributed by atoms with Crippen LogP contribution in [0.2, 0.25) is 0 Å². The molecule has 0 aromatic carbocycles. The number of halogens is 3. The molecular weight excluding hydrogens is 303 g/mol. The van der Waals surface area contributed by atoms with E-state index < -0.39 is 29.2 Å². The zero-order valence-electron chi connectivity index (χ0n) is 10.4. The van der Waals surface area contributed by atoms with Crippen molar-refractivity contribution in [2.24, 2.45) is 0 Å². The van der Waals surface area contributed by atoms with Gasteiger partial charge in [0, 0.05) is 18.5 Å². The van der Waals surface area contributed by atoms with E-state index in [0.29, 0.717) is 14.7 Å². The van der Waals surface area contributed by atoms with Crippen molar-refractivity contribution in [1.29, 1.82) is 0 Å². The van der Waals surface area contributed by atoms with Gasteiger partial charge in [-0.15, -0.1) is 11.3 Å². The van der Waals surface area contributed by atoms with E-state index in [9.17, 15) is 21.6 Å². The van der Waals surface area contributed by atoms with Gasteiger partial charge in [0.25, 0.3) is 10.0 Å². The molecule has 0 spiro atoms. The average Bonchev–Trinajstić information content (AvgIpc) is 2.66. The highest BCUT2D eigenvalue weighted by molar-refractivity contribution is 7.91. The summed E-state index contributed by atoms with van der Waals surface area (Å²) in [6, 6.07) is 1.36. The van der Waals surface area contributed by atoms with Crippen LogP contribution in [-0.4, -0.2) is 37.6 Å². The largest absolute Gasteiger partial charge is 0.391 e. The number of hydrogen-bond acceptors (Lipinski definition) is 4. The van der Waals surface area contributed by atoms with E-state index in [1.165, 1.54) is 6.07 Å². The van der Waals surface area contributed by atoms with Crippen molar-refractivity contribution in [3.8, 4) is 0 Å². The summed E-state index contributed by atoms with van der Waals surface area (Å²) >= 11 is 0.867. The van der Waals surface area contributed by atoms with E-state index >= 15 is 0 Å². The number of nitrogens with zero attached hydrogens (tertiary/aromatic N) is 1. The summed E-state index contributed by atoms with van der Waals surface area (Å²) in [5.74, 6) is 0. The molecule has 0 saturated carbocycles. The molecule has 0 atom stereocenters. The normalized spacial score (nSPS) is 13.2. The number of alkyl halides is 3. The molecule has 9 heteroatoms. The van der Waals surface area contributed by atoms with E-state index in [0.717, 1.165) is 18.4 Å². The lowest BCUT2D eigenvalue weighted by molar-refractivity contribution is -0.135. The Bertz CT molecular complexity index is 537. The summed E-state index contributed by atoms with van der Waals surface area (Å²) in [5.41, 5.74) is 0.607. The van der Waals surface area contributed by atoms with Crippen molar-refractivity contribution in [3.63, 3.8) is 0 Å². The topological polar surface area (TPSA) is 57.6 Å². The molecule has 0 saturated heterocycles. The zero-order chi connectivity index (χ0) is 14.8. The van der Waals surface area contributed by atoms with Gasteiger partial charge in [0.1, 0.15) is 4.21 Å². The number of aryl methyl sites for hydroxylation is 1. The van der Waals surface area contributed by atoms with Crippen LogP contribution in [0.3, 0.4) is 0 Å². The maximum atomic E-state index is 12.1. The minimum atomic E-state index is -4.40. The SMILES string of the molecule is Cc1cc(S(=O)(=O)N(C)CCC(F)(F)F)sc1CO. The first-order valence-corrected chi connectivity index (χ1v) is 7.57. The summed E-state index contributed by atoms with van der Waals surface area (Å²) in [7, 11) is -2.83. The number of hydrogen-bond donors (Lipinski definition) is 1.